The van der Waals surface area contributed by atoms with Gasteiger partial charge in [0.15, 0.2) is 5.69 Å². The van der Waals surface area contributed by atoms with Gasteiger partial charge in [0, 0.05) is 27.4 Å². The van der Waals surface area contributed by atoms with Gasteiger partial charge in [0.2, 0.25) is 5.88 Å². The number of hydrogen-bond acceptors (Lipinski definition) is 5. The van der Waals surface area contributed by atoms with Crippen molar-refractivity contribution in [1.82, 2.24) is 9.55 Å². The molecule has 192 valence electrons. The molecule has 0 saturated carbocycles. The minimum atomic E-state index is -0.541. The van der Waals surface area contributed by atoms with Crippen molar-refractivity contribution in [2.24, 2.45) is 16.1 Å². The number of carbonyl (C=O) groups excluding carboxylic acids is 1. The normalized spacial score (nSPS) is 11.7. The molecule has 2 heterocycles. The fourth-order valence-corrected chi connectivity index (χ4v) is 4.78. The summed E-state index contributed by atoms with van der Waals surface area (Å²) < 4.78 is 8.15. The van der Waals surface area contributed by atoms with Gasteiger partial charge in [0.25, 0.3) is 5.91 Å². The molecular formula is C30H27BrN4O3. The predicted molar refractivity (Wildman–Crippen MR) is 153 cm³/mol. The van der Waals surface area contributed by atoms with E-state index >= 15 is 0 Å². The van der Waals surface area contributed by atoms with E-state index in [1.807, 2.05) is 60.0 Å². The third-order valence-electron chi connectivity index (χ3n) is 6.34. The van der Waals surface area contributed by atoms with Crippen LogP contribution in [-0.4, -0.2) is 27.7 Å². The average molecular weight is 571 g/mol. The second-order valence-electron chi connectivity index (χ2n) is 9.65. The molecule has 0 unspecified atom stereocenters. The van der Waals surface area contributed by atoms with E-state index in [4.69, 9.17) is 9.72 Å². The Morgan fingerprint density at radius 3 is 2.53 bits per heavy atom. The van der Waals surface area contributed by atoms with Gasteiger partial charge in [-0.05, 0) is 61.4 Å². The molecule has 8 heteroatoms. The molecule has 0 bridgehead atoms. The molecule has 1 N–H and O–H groups in total. The standard InChI is InChI=1S/C30H27BrN4O3/c1-17(2)16-35-27-12-5-18(3)13-24(27)28(30(35)37)33-34-29(36)23-15-26(19-6-8-20(31)9-7-19)32-25-11-10-21(38-4)14-22(23)25/h5-15,17,37H,16H2,1-4H3. The van der Waals surface area contributed by atoms with Gasteiger partial charge in [0.05, 0.1) is 29.4 Å². The van der Waals surface area contributed by atoms with E-state index in [0.29, 0.717) is 40.4 Å². The summed E-state index contributed by atoms with van der Waals surface area (Å²) in [6.45, 7) is 6.74. The van der Waals surface area contributed by atoms with Crippen LogP contribution in [0.3, 0.4) is 0 Å². The summed E-state index contributed by atoms with van der Waals surface area (Å²) in [7, 11) is 1.57. The maximum Gasteiger partial charge on any atom is 0.296 e. The molecule has 7 nitrogen and oxygen atoms in total. The Bertz CT molecular complexity index is 1710. The number of azo groups is 1. The summed E-state index contributed by atoms with van der Waals surface area (Å²) in [6, 6.07) is 20.7. The first-order valence-electron chi connectivity index (χ1n) is 12.3. The lowest BCUT2D eigenvalue weighted by Gasteiger charge is -2.09. The number of halogens is 1. The number of rotatable bonds is 6. The molecule has 38 heavy (non-hydrogen) atoms. The van der Waals surface area contributed by atoms with Crippen LogP contribution in [0.2, 0.25) is 0 Å². The van der Waals surface area contributed by atoms with Crippen LogP contribution in [0.15, 0.2) is 81.4 Å². The molecule has 0 aliphatic rings. The van der Waals surface area contributed by atoms with Gasteiger partial charge in [-0.25, -0.2) is 4.98 Å². The van der Waals surface area contributed by atoms with Crippen LogP contribution in [0.4, 0.5) is 5.69 Å². The number of benzene rings is 3. The van der Waals surface area contributed by atoms with Crippen LogP contribution in [0.5, 0.6) is 11.6 Å². The minimum Gasteiger partial charge on any atom is -0.497 e. The molecule has 2 aromatic heterocycles. The number of pyridine rings is 1. The van der Waals surface area contributed by atoms with E-state index < -0.39 is 5.91 Å². The second kappa shape index (κ2) is 10.4. The highest BCUT2D eigenvalue weighted by atomic mass is 79.9. The summed E-state index contributed by atoms with van der Waals surface area (Å²) in [5.74, 6) is 0.361. The van der Waals surface area contributed by atoms with E-state index in [1.54, 1.807) is 25.3 Å². The molecule has 5 rings (SSSR count). The van der Waals surface area contributed by atoms with Gasteiger partial charge in [0.1, 0.15) is 5.75 Å². The lowest BCUT2D eigenvalue weighted by Crippen LogP contribution is -2.03. The van der Waals surface area contributed by atoms with Gasteiger partial charge in [-0.3, -0.25) is 4.79 Å². The van der Waals surface area contributed by atoms with Crippen molar-refractivity contribution in [2.75, 3.05) is 7.11 Å². The van der Waals surface area contributed by atoms with Crippen LogP contribution in [0.25, 0.3) is 33.1 Å². The monoisotopic (exact) mass is 570 g/mol. The molecular weight excluding hydrogens is 544 g/mol. The number of aromatic hydroxyl groups is 1. The molecule has 3 aromatic carbocycles. The Labute approximate surface area is 228 Å². The van der Waals surface area contributed by atoms with Crippen molar-refractivity contribution in [2.45, 2.75) is 27.3 Å². The quantitative estimate of drug-likeness (QED) is 0.208. The largest absolute Gasteiger partial charge is 0.497 e. The van der Waals surface area contributed by atoms with E-state index in [2.05, 4.69) is 40.0 Å². The summed E-state index contributed by atoms with van der Waals surface area (Å²) >= 11 is 3.46. The van der Waals surface area contributed by atoms with E-state index in [9.17, 15) is 9.90 Å². The number of carbonyl (C=O) groups is 1. The van der Waals surface area contributed by atoms with Gasteiger partial charge in [-0.15, -0.1) is 10.2 Å². The highest BCUT2D eigenvalue weighted by molar-refractivity contribution is 9.10. The van der Waals surface area contributed by atoms with Gasteiger partial charge < -0.3 is 14.4 Å². The number of amides is 1. The van der Waals surface area contributed by atoms with E-state index in [0.717, 1.165) is 26.5 Å². The molecule has 0 spiro atoms. The van der Waals surface area contributed by atoms with Gasteiger partial charge in [-0.2, -0.15) is 0 Å². The van der Waals surface area contributed by atoms with Crippen LogP contribution in [-0.2, 0) is 6.54 Å². The van der Waals surface area contributed by atoms with Crippen LogP contribution in [0.1, 0.15) is 29.8 Å². The lowest BCUT2D eigenvalue weighted by atomic mass is 10.0. The molecule has 1 amide bonds. The Balaban J connectivity index is 1.63. The zero-order valence-corrected chi connectivity index (χ0v) is 23.2. The number of fused-ring (bicyclic) bond motifs is 2. The van der Waals surface area contributed by atoms with Crippen LogP contribution < -0.4 is 4.74 Å². The number of aryl methyl sites for hydroxylation is 1. The van der Waals surface area contributed by atoms with Crippen molar-refractivity contribution >= 4 is 49.3 Å². The van der Waals surface area contributed by atoms with Gasteiger partial charge >= 0.3 is 0 Å². The van der Waals surface area contributed by atoms with Crippen molar-refractivity contribution < 1.29 is 14.6 Å². The maximum absolute atomic E-state index is 13.5. The van der Waals surface area contributed by atoms with Crippen LogP contribution >= 0.6 is 15.9 Å². The molecule has 0 saturated heterocycles. The zero-order valence-electron chi connectivity index (χ0n) is 21.6. The predicted octanol–water partition coefficient (Wildman–Crippen LogP) is 8.22. The van der Waals surface area contributed by atoms with Crippen molar-refractivity contribution in [3.63, 3.8) is 0 Å². The van der Waals surface area contributed by atoms with Crippen molar-refractivity contribution in [1.29, 1.82) is 0 Å². The first-order chi connectivity index (χ1) is 18.2. The molecule has 0 fully saturated rings. The number of aromatic nitrogens is 2. The fraction of sp³-hybridized carbons (Fsp3) is 0.200. The van der Waals surface area contributed by atoms with E-state index in [-0.39, 0.29) is 11.6 Å². The average Bonchev–Trinajstić information content (AvgIpc) is 3.15. The summed E-state index contributed by atoms with van der Waals surface area (Å²) in [5, 5.41) is 20.8. The summed E-state index contributed by atoms with van der Waals surface area (Å²) in [4.78, 5) is 18.3. The molecule has 0 atom stereocenters. The Morgan fingerprint density at radius 1 is 1.05 bits per heavy atom. The number of nitrogens with zero attached hydrogens (tertiary/aromatic N) is 4. The SMILES string of the molecule is COc1ccc2nc(-c3ccc(Br)cc3)cc(C(=O)N=Nc3c(O)n(CC(C)C)c4ccc(C)cc34)c2c1. The smallest absolute Gasteiger partial charge is 0.296 e. The summed E-state index contributed by atoms with van der Waals surface area (Å²) in [6.07, 6.45) is 0. The molecule has 0 radical (unpaired) electrons. The fourth-order valence-electron chi connectivity index (χ4n) is 4.51. The molecule has 5 aromatic rings. The van der Waals surface area contributed by atoms with Gasteiger partial charge in [-0.1, -0.05) is 53.5 Å². The zero-order chi connectivity index (χ0) is 27.0. The highest BCUT2D eigenvalue weighted by Crippen LogP contribution is 2.40. The number of hydrogen-bond donors (Lipinski definition) is 1. The first-order valence-corrected chi connectivity index (χ1v) is 13.1. The Kier molecular flexibility index (Phi) is 6.99. The lowest BCUT2D eigenvalue weighted by molar-refractivity contribution is 0.0996. The number of methoxy groups -OCH3 is 1. The van der Waals surface area contributed by atoms with Crippen molar-refractivity contribution in [3.8, 4) is 22.9 Å². The number of ether oxygens (including phenoxy) is 1. The molecule has 0 aliphatic carbocycles. The minimum absolute atomic E-state index is 0.00680. The highest BCUT2D eigenvalue weighted by Gasteiger charge is 2.19. The van der Waals surface area contributed by atoms with E-state index in [1.165, 1.54) is 0 Å². The summed E-state index contributed by atoms with van der Waals surface area (Å²) in [5.41, 5.74) is 4.63. The first kappa shape index (κ1) is 25.6. The topological polar surface area (TPSA) is 89.1 Å². The van der Waals surface area contributed by atoms with Crippen LogP contribution in [0, 0.1) is 12.8 Å². The second-order valence-corrected chi connectivity index (χ2v) is 10.6. The third-order valence-corrected chi connectivity index (χ3v) is 6.87. The third kappa shape index (κ3) is 4.91. The Hall–Kier alpha value is -4.04. The Morgan fingerprint density at radius 2 is 1.82 bits per heavy atom. The molecule has 0 aliphatic heterocycles. The van der Waals surface area contributed by atoms with Crippen molar-refractivity contribution in [3.05, 3.63) is 82.3 Å². The maximum atomic E-state index is 13.5.